The summed E-state index contributed by atoms with van der Waals surface area (Å²) < 4.78 is 10.6. The van der Waals surface area contributed by atoms with Gasteiger partial charge in [0.1, 0.15) is 16.9 Å². The first-order chi connectivity index (χ1) is 18.8. The highest BCUT2D eigenvalue weighted by atomic mass is 16.4. The molecule has 39 heavy (non-hydrogen) atoms. The number of amides is 2. The minimum absolute atomic E-state index is 0.0573. The zero-order valence-electron chi connectivity index (χ0n) is 20.6. The van der Waals surface area contributed by atoms with Crippen molar-refractivity contribution < 1.29 is 18.4 Å². The topological polar surface area (TPSA) is 172 Å². The number of hydrazone groups is 2. The van der Waals surface area contributed by atoms with E-state index in [1.165, 1.54) is 6.07 Å². The molecule has 0 bridgehead atoms. The van der Waals surface area contributed by atoms with Gasteiger partial charge in [0.25, 0.3) is 11.8 Å². The maximum absolute atomic E-state index is 12.5. The molecule has 0 fully saturated rings. The number of carbonyl (C=O) groups is 2. The molecule has 2 aromatic carbocycles. The third kappa shape index (κ3) is 5.25. The van der Waals surface area contributed by atoms with Gasteiger partial charge in [0.2, 0.25) is 0 Å². The van der Waals surface area contributed by atoms with Crippen molar-refractivity contribution in [3.8, 4) is 0 Å². The van der Waals surface area contributed by atoms with Crippen molar-refractivity contribution in [3.05, 3.63) is 110 Å². The van der Waals surface area contributed by atoms with Crippen LogP contribution in [0.3, 0.4) is 0 Å². The van der Waals surface area contributed by atoms with Crippen molar-refractivity contribution in [1.29, 1.82) is 0 Å². The summed E-state index contributed by atoms with van der Waals surface area (Å²) in [6.07, 6.45) is 0. The van der Waals surface area contributed by atoms with Gasteiger partial charge in [-0.15, -0.1) is 0 Å². The molecule has 0 atom stereocenters. The van der Waals surface area contributed by atoms with Crippen molar-refractivity contribution in [2.75, 3.05) is 0 Å². The number of rotatable bonds is 6. The van der Waals surface area contributed by atoms with Gasteiger partial charge in [0.15, 0.2) is 5.69 Å². The van der Waals surface area contributed by atoms with E-state index in [4.69, 9.17) is 8.83 Å². The van der Waals surface area contributed by atoms with Gasteiger partial charge in [-0.05, 0) is 38.1 Å². The second-order valence-electron chi connectivity index (χ2n) is 8.41. The molecule has 12 heteroatoms. The number of hydrogen-bond acceptors (Lipinski definition) is 9. The summed E-state index contributed by atoms with van der Waals surface area (Å²) in [6.45, 7) is 3.09. The molecule has 0 aliphatic carbocycles. The Morgan fingerprint density at radius 3 is 1.77 bits per heavy atom. The molecule has 0 spiro atoms. The molecule has 0 aliphatic rings. The minimum atomic E-state index is -0.719. The second kappa shape index (κ2) is 10.4. The van der Waals surface area contributed by atoms with Crippen LogP contribution in [0.15, 0.2) is 95.4 Å². The van der Waals surface area contributed by atoms with E-state index in [1.807, 2.05) is 0 Å². The molecule has 12 nitrogen and oxygen atoms in total. The number of nitrogens with zero attached hydrogens (tertiary/aromatic N) is 3. The van der Waals surface area contributed by atoms with Gasteiger partial charge in [-0.25, -0.2) is 20.4 Å². The van der Waals surface area contributed by atoms with E-state index in [0.717, 1.165) is 0 Å². The lowest BCUT2D eigenvalue weighted by atomic mass is 10.1. The zero-order valence-corrected chi connectivity index (χ0v) is 20.6. The van der Waals surface area contributed by atoms with Crippen LogP contribution in [0, 0.1) is 0 Å². The van der Waals surface area contributed by atoms with Crippen LogP contribution in [0.5, 0.6) is 0 Å². The number of para-hydroxylation sites is 2. The molecule has 3 heterocycles. The minimum Gasteiger partial charge on any atom is -0.422 e. The van der Waals surface area contributed by atoms with E-state index < -0.39 is 23.1 Å². The maximum Gasteiger partial charge on any atom is 0.345 e. The smallest absolute Gasteiger partial charge is 0.345 e. The van der Waals surface area contributed by atoms with Crippen molar-refractivity contribution >= 4 is 45.2 Å². The first kappa shape index (κ1) is 25.0. The van der Waals surface area contributed by atoms with E-state index in [1.54, 1.807) is 74.5 Å². The molecular weight excluding hydrogens is 504 g/mol. The number of aromatic nitrogens is 2. The highest BCUT2D eigenvalue weighted by Crippen LogP contribution is 2.14. The molecule has 0 unspecified atom stereocenters. The Hall–Kier alpha value is -5.65. The fourth-order valence-corrected chi connectivity index (χ4v) is 3.69. The number of benzene rings is 2. The quantitative estimate of drug-likeness (QED) is 0.174. The molecule has 3 N–H and O–H groups in total. The van der Waals surface area contributed by atoms with Gasteiger partial charge in [-0.2, -0.15) is 15.3 Å². The summed E-state index contributed by atoms with van der Waals surface area (Å²) in [7, 11) is 0. The molecule has 0 saturated carbocycles. The summed E-state index contributed by atoms with van der Waals surface area (Å²) >= 11 is 0. The summed E-state index contributed by atoms with van der Waals surface area (Å²) in [4.78, 5) is 49.6. The lowest BCUT2D eigenvalue weighted by Gasteiger charge is -2.03. The molecule has 194 valence electrons. The number of hydrogen-bond donors (Lipinski definition) is 3. The molecule has 0 aliphatic heterocycles. The number of H-pyrrole nitrogens is 1. The predicted octanol–water partition coefficient (Wildman–Crippen LogP) is 2.93. The number of carbonyl (C=O) groups excluding carboxylic acids is 2. The molecular formula is C27H20N6O6. The van der Waals surface area contributed by atoms with E-state index in [2.05, 4.69) is 31.3 Å². The summed E-state index contributed by atoms with van der Waals surface area (Å²) in [5.74, 6) is -1.41. The number of fused-ring (bicyclic) bond motifs is 2. The van der Waals surface area contributed by atoms with Gasteiger partial charge in [0, 0.05) is 16.8 Å². The van der Waals surface area contributed by atoms with Crippen LogP contribution in [0.25, 0.3) is 21.9 Å². The predicted molar refractivity (Wildman–Crippen MR) is 143 cm³/mol. The Morgan fingerprint density at radius 2 is 1.23 bits per heavy atom. The van der Waals surface area contributed by atoms with Crippen LogP contribution in [-0.2, 0) is 0 Å². The van der Waals surface area contributed by atoms with Crippen LogP contribution < -0.4 is 22.1 Å². The molecule has 0 saturated heterocycles. The van der Waals surface area contributed by atoms with Crippen molar-refractivity contribution in [1.82, 2.24) is 21.0 Å². The van der Waals surface area contributed by atoms with E-state index in [-0.39, 0.29) is 33.9 Å². The highest BCUT2D eigenvalue weighted by molar-refractivity contribution is 6.03. The normalized spacial score (nSPS) is 12.1. The SMILES string of the molecule is C/C(=N\NC(=O)c1cc(C(=O)N/N=C(\C)c2cc3ccccc3oc2=O)[nH]n1)c1cc2ccccc2oc1=O. The highest BCUT2D eigenvalue weighted by Gasteiger charge is 2.16. The van der Waals surface area contributed by atoms with E-state index in [9.17, 15) is 19.2 Å². The lowest BCUT2D eigenvalue weighted by molar-refractivity contribution is 0.0944. The van der Waals surface area contributed by atoms with Gasteiger partial charge in [-0.1, -0.05) is 36.4 Å². The number of nitrogens with one attached hydrogen (secondary N) is 3. The molecule has 2 amide bonds. The van der Waals surface area contributed by atoms with Gasteiger partial charge >= 0.3 is 11.3 Å². The fraction of sp³-hybridized carbons (Fsp3) is 0.0741. The fourth-order valence-electron chi connectivity index (χ4n) is 3.69. The molecule has 3 aromatic heterocycles. The average Bonchev–Trinajstić information content (AvgIpc) is 3.44. The first-order valence-corrected chi connectivity index (χ1v) is 11.6. The Labute approximate surface area is 219 Å². The van der Waals surface area contributed by atoms with E-state index >= 15 is 0 Å². The average molecular weight is 524 g/mol. The van der Waals surface area contributed by atoms with Crippen LogP contribution in [0.1, 0.15) is 46.0 Å². The molecule has 5 rings (SSSR count). The van der Waals surface area contributed by atoms with Gasteiger partial charge in [0.05, 0.1) is 22.6 Å². The summed E-state index contributed by atoms with van der Waals surface area (Å²) in [5.41, 5.74) is 4.92. The zero-order chi connectivity index (χ0) is 27.5. The summed E-state index contributed by atoms with van der Waals surface area (Å²) in [6, 6.07) is 18.5. The first-order valence-electron chi connectivity index (χ1n) is 11.6. The molecule has 5 aromatic rings. The standard InChI is InChI=1S/C27H20N6O6/c1-14(18-11-16-7-3-5-9-22(16)38-26(18)36)28-32-24(34)20-13-21(31-30-20)25(35)33-29-15(2)19-12-17-8-4-6-10-23(17)39-27(19)37/h3-13H,1-2H3,(H,30,31)(H,32,34)(H,33,35)/b28-14+,29-15+. The second-order valence-corrected chi connectivity index (χ2v) is 8.41. The van der Waals surface area contributed by atoms with Crippen LogP contribution >= 0.6 is 0 Å². The Balaban J connectivity index is 1.26. The van der Waals surface area contributed by atoms with E-state index in [0.29, 0.717) is 21.9 Å². The maximum atomic E-state index is 12.5. The Kier molecular flexibility index (Phi) is 6.66. The van der Waals surface area contributed by atoms with Gasteiger partial charge < -0.3 is 8.83 Å². The van der Waals surface area contributed by atoms with Crippen molar-refractivity contribution in [3.63, 3.8) is 0 Å². The largest absolute Gasteiger partial charge is 0.422 e. The third-order valence-corrected chi connectivity index (χ3v) is 5.77. The van der Waals surface area contributed by atoms with Gasteiger partial charge in [-0.3, -0.25) is 14.7 Å². The lowest BCUT2D eigenvalue weighted by Crippen LogP contribution is -2.22. The van der Waals surface area contributed by atoms with Crippen LogP contribution in [0.4, 0.5) is 0 Å². The van der Waals surface area contributed by atoms with Crippen molar-refractivity contribution in [2.24, 2.45) is 10.2 Å². The summed E-state index contributed by atoms with van der Waals surface area (Å²) in [5, 5.41) is 15.6. The van der Waals surface area contributed by atoms with Crippen LogP contribution in [-0.4, -0.2) is 33.4 Å². The monoisotopic (exact) mass is 524 g/mol. The third-order valence-electron chi connectivity index (χ3n) is 5.77. The van der Waals surface area contributed by atoms with Crippen LogP contribution in [0.2, 0.25) is 0 Å². The molecule has 0 radical (unpaired) electrons. The Morgan fingerprint density at radius 1 is 0.744 bits per heavy atom. The number of aromatic amines is 1. The van der Waals surface area contributed by atoms with Crippen molar-refractivity contribution in [2.45, 2.75) is 13.8 Å². The Bertz CT molecular complexity index is 1790.